The van der Waals surface area contributed by atoms with Crippen LogP contribution in [0.4, 0.5) is 4.79 Å². The van der Waals surface area contributed by atoms with E-state index in [0.717, 1.165) is 38.5 Å². The van der Waals surface area contributed by atoms with Gasteiger partial charge in [0, 0.05) is 32.7 Å². The van der Waals surface area contributed by atoms with Crippen molar-refractivity contribution in [3.05, 3.63) is 12.7 Å². The summed E-state index contributed by atoms with van der Waals surface area (Å²) in [6, 6.07) is -4.12. The van der Waals surface area contributed by atoms with Crippen molar-refractivity contribution < 1.29 is 32.4 Å². The summed E-state index contributed by atoms with van der Waals surface area (Å²) < 4.78 is 26.5. The molecule has 290 valence electrons. The standard InChI is InChI=1S/C37H64N6O7S/c1-12-19-38-32(46)29(44)26(20-23-15-13-16-23)39-31(45)28-25-18-14-17-24(25)21-43(28)33(47)30(36(5,6)7)41-34(48)40-27(35(2,3)4)22-42(11)51(49,50)37(8,9)10/h12,23-28,30H,1,13-22H2,2-11H3,(H,38,46)(H,39,45)(H2,40,41,48)/t24-,25-,26?,27+,28-,30+/m0/s1. The number of urea groups is 1. The molecular weight excluding hydrogens is 673 g/mol. The Kier molecular flexibility index (Phi) is 13.6. The molecule has 0 bridgehead atoms. The number of hydrogen-bond donors (Lipinski definition) is 4. The molecule has 0 aromatic heterocycles. The number of amides is 5. The van der Waals surface area contributed by atoms with Crippen molar-refractivity contribution in [1.82, 2.24) is 30.5 Å². The van der Waals surface area contributed by atoms with E-state index in [1.165, 1.54) is 17.4 Å². The van der Waals surface area contributed by atoms with Crippen LogP contribution in [0, 0.1) is 28.6 Å². The van der Waals surface area contributed by atoms with Gasteiger partial charge in [-0.1, -0.05) is 73.3 Å². The molecule has 2 aliphatic carbocycles. The number of sulfonamides is 1. The number of nitrogens with one attached hydrogen (secondary N) is 4. The van der Waals surface area contributed by atoms with Crippen LogP contribution in [0.1, 0.15) is 107 Å². The Morgan fingerprint density at radius 2 is 1.49 bits per heavy atom. The number of rotatable bonds is 14. The van der Waals surface area contributed by atoms with Crippen LogP contribution in [-0.4, -0.2) is 103 Å². The van der Waals surface area contributed by atoms with Gasteiger partial charge in [0.1, 0.15) is 12.1 Å². The van der Waals surface area contributed by atoms with Crippen molar-refractivity contribution in [2.24, 2.45) is 28.6 Å². The fourth-order valence-corrected chi connectivity index (χ4v) is 8.61. The van der Waals surface area contributed by atoms with Gasteiger partial charge in [0.15, 0.2) is 0 Å². The zero-order valence-corrected chi connectivity index (χ0v) is 33.4. The van der Waals surface area contributed by atoms with Gasteiger partial charge in [-0.3, -0.25) is 19.2 Å². The lowest BCUT2D eigenvalue weighted by molar-refractivity contribution is -0.144. The predicted octanol–water partition coefficient (Wildman–Crippen LogP) is 3.35. The molecule has 3 rings (SSSR count). The van der Waals surface area contributed by atoms with E-state index in [4.69, 9.17) is 0 Å². The highest BCUT2D eigenvalue weighted by Crippen LogP contribution is 2.43. The van der Waals surface area contributed by atoms with E-state index in [1.54, 1.807) is 25.7 Å². The molecule has 6 atom stereocenters. The Morgan fingerprint density at radius 1 is 0.882 bits per heavy atom. The van der Waals surface area contributed by atoms with Crippen molar-refractivity contribution in [2.75, 3.05) is 26.7 Å². The normalized spacial score (nSPS) is 23.0. The van der Waals surface area contributed by atoms with Gasteiger partial charge < -0.3 is 26.2 Å². The minimum Gasteiger partial charge on any atom is -0.346 e. The van der Waals surface area contributed by atoms with Crippen LogP contribution in [0.15, 0.2) is 12.7 Å². The van der Waals surface area contributed by atoms with E-state index in [0.29, 0.717) is 13.0 Å². The average Bonchev–Trinajstić information content (AvgIpc) is 3.58. The Labute approximate surface area is 305 Å². The molecule has 0 aromatic rings. The first-order chi connectivity index (χ1) is 23.4. The highest BCUT2D eigenvalue weighted by atomic mass is 32.2. The summed E-state index contributed by atoms with van der Waals surface area (Å²) in [5, 5.41) is 11.2. The Bertz CT molecular complexity index is 1420. The molecule has 0 radical (unpaired) electrons. The number of nitrogens with zero attached hydrogens (tertiary/aromatic N) is 2. The van der Waals surface area contributed by atoms with Gasteiger partial charge in [-0.25, -0.2) is 17.5 Å². The van der Waals surface area contributed by atoms with Crippen molar-refractivity contribution in [3.8, 4) is 0 Å². The first-order valence-corrected chi connectivity index (χ1v) is 19.9. The van der Waals surface area contributed by atoms with Crippen LogP contribution < -0.4 is 21.3 Å². The monoisotopic (exact) mass is 736 g/mol. The molecule has 1 unspecified atom stereocenters. The number of fused-ring (bicyclic) bond motifs is 1. The van der Waals surface area contributed by atoms with Crippen LogP contribution in [0.3, 0.4) is 0 Å². The van der Waals surface area contributed by atoms with Gasteiger partial charge >= 0.3 is 6.03 Å². The van der Waals surface area contributed by atoms with Crippen molar-refractivity contribution in [3.63, 3.8) is 0 Å². The van der Waals surface area contributed by atoms with E-state index >= 15 is 0 Å². The molecule has 1 heterocycles. The Hall–Kier alpha value is -3.00. The number of likely N-dealkylation sites (tertiary alicyclic amines) is 1. The van der Waals surface area contributed by atoms with Crippen LogP contribution in [-0.2, 0) is 29.2 Å². The van der Waals surface area contributed by atoms with E-state index < -0.39 is 79.3 Å². The molecule has 3 fully saturated rings. The topological polar surface area (TPSA) is 174 Å². The summed E-state index contributed by atoms with van der Waals surface area (Å²) in [7, 11) is -2.18. The van der Waals surface area contributed by atoms with Gasteiger partial charge in [-0.05, 0) is 68.6 Å². The maximum atomic E-state index is 14.5. The Morgan fingerprint density at radius 3 is 2.00 bits per heavy atom. The third-order valence-corrected chi connectivity index (χ3v) is 13.4. The second kappa shape index (κ2) is 16.3. The lowest BCUT2D eigenvalue weighted by Gasteiger charge is -2.39. The molecule has 2 saturated carbocycles. The number of hydrogen-bond acceptors (Lipinski definition) is 7. The molecule has 13 nitrogen and oxygen atoms in total. The third-order valence-electron chi connectivity index (χ3n) is 10.9. The minimum absolute atomic E-state index is 0.0226. The van der Waals surface area contributed by atoms with Crippen molar-refractivity contribution in [1.29, 1.82) is 0 Å². The highest BCUT2D eigenvalue weighted by molar-refractivity contribution is 7.90. The third kappa shape index (κ3) is 10.3. The molecule has 1 aliphatic heterocycles. The van der Waals surface area contributed by atoms with Crippen LogP contribution in [0.2, 0.25) is 0 Å². The molecule has 5 amide bonds. The van der Waals surface area contributed by atoms with Crippen molar-refractivity contribution in [2.45, 2.75) is 136 Å². The van der Waals surface area contributed by atoms with E-state index in [2.05, 4.69) is 27.8 Å². The van der Waals surface area contributed by atoms with Gasteiger partial charge in [0.25, 0.3) is 5.91 Å². The smallest absolute Gasteiger partial charge is 0.315 e. The van der Waals surface area contributed by atoms with Gasteiger partial charge in [-0.15, -0.1) is 6.58 Å². The largest absolute Gasteiger partial charge is 0.346 e. The molecule has 4 N–H and O–H groups in total. The molecular formula is C37H64N6O7S. The van der Waals surface area contributed by atoms with Crippen molar-refractivity contribution >= 4 is 39.6 Å². The van der Waals surface area contributed by atoms with Crippen LogP contribution in [0.5, 0.6) is 0 Å². The van der Waals surface area contributed by atoms with E-state index in [9.17, 15) is 32.4 Å². The summed E-state index contributed by atoms with van der Waals surface area (Å²) in [5.41, 5.74) is -1.30. The first kappa shape index (κ1) is 42.4. The molecule has 14 heteroatoms. The zero-order valence-electron chi connectivity index (χ0n) is 32.6. The summed E-state index contributed by atoms with van der Waals surface area (Å²) in [5.74, 6) is -2.14. The average molecular weight is 737 g/mol. The minimum atomic E-state index is -3.67. The molecule has 0 spiro atoms. The zero-order chi connectivity index (χ0) is 38.7. The summed E-state index contributed by atoms with van der Waals surface area (Å²) in [4.78, 5) is 69.9. The summed E-state index contributed by atoms with van der Waals surface area (Å²) >= 11 is 0. The molecule has 51 heavy (non-hydrogen) atoms. The van der Waals surface area contributed by atoms with Crippen LogP contribution in [0.25, 0.3) is 0 Å². The summed E-state index contributed by atoms with van der Waals surface area (Å²) in [6.07, 6.45) is 7.25. The maximum absolute atomic E-state index is 14.5. The molecule has 0 aromatic carbocycles. The number of likely N-dealkylation sites (N-methyl/N-ethyl adjacent to an activating group) is 1. The Balaban J connectivity index is 1.85. The molecule has 3 aliphatic rings. The lowest BCUT2D eigenvalue weighted by atomic mass is 9.80. The second-order valence-electron chi connectivity index (χ2n) is 18.0. The fraction of sp³-hybridized carbons (Fsp3) is 0.811. The number of Topliss-reactive ketones (excluding diaryl/α,β-unsaturated/α-hetero) is 1. The van der Waals surface area contributed by atoms with Gasteiger partial charge in [0.05, 0.1) is 10.8 Å². The van der Waals surface area contributed by atoms with Gasteiger partial charge in [-0.2, -0.15) is 0 Å². The van der Waals surface area contributed by atoms with E-state index in [-0.39, 0.29) is 30.8 Å². The summed E-state index contributed by atoms with van der Waals surface area (Å²) in [6.45, 7) is 20.2. The van der Waals surface area contributed by atoms with Gasteiger partial charge in [0.2, 0.25) is 27.6 Å². The second-order valence-corrected chi connectivity index (χ2v) is 20.8. The fourth-order valence-electron chi connectivity index (χ4n) is 7.33. The van der Waals surface area contributed by atoms with E-state index in [1.807, 2.05) is 41.5 Å². The number of carbonyl (C=O) groups excluding carboxylic acids is 5. The SMILES string of the molecule is C=CCNC(=O)C(=O)C(CC1CCC1)NC(=O)[C@@H]1[C@H]2CCC[C@H]2CN1C(=O)[C@@H](NC(=O)N[C@H](CN(C)S(=O)(=O)C(C)(C)C)C(C)(C)C)C(C)(C)C. The number of carbonyl (C=O) groups is 5. The number of ketones is 1. The molecule has 1 saturated heterocycles. The van der Waals surface area contributed by atoms with Crippen LogP contribution >= 0.6 is 0 Å². The quantitative estimate of drug-likeness (QED) is 0.156. The lowest BCUT2D eigenvalue weighted by Crippen LogP contribution is -2.62. The maximum Gasteiger partial charge on any atom is 0.315 e. The highest BCUT2D eigenvalue weighted by Gasteiger charge is 2.52. The predicted molar refractivity (Wildman–Crippen MR) is 198 cm³/mol. The first-order valence-electron chi connectivity index (χ1n) is 18.5.